The molecule has 0 spiro atoms. The lowest BCUT2D eigenvalue weighted by Gasteiger charge is -2.35. The average molecular weight is 287 g/mol. The quantitative estimate of drug-likeness (QED) is 0.791. The van der Waals surface area contributed by atoms with Gasteiger partial charge in [-0.05, 0) is 18.2 Å². The molecular formula is C14H17N5O2. The number of urea groups is 1. The van der Waals surface area contributed by atoms with Gasteiger partial charge in [0.2, 0.25) is 5.89 Å². The van der Waals surface area contributed by atoms with Gasteiger partial charge in [-0.3, -0.25) is 4.90 Å². The number of nitrogen functional groups attached to an aromatic ring is 1. The minimum absolute atomic E-state index is 0.0528. The lowest BCUT2D eigenvalue weighted by molar-refractivity contribution is 0.110. The van der Waals surface area contributed by atoms with Crippen molar-refractivity contribution in [1.82, 2.24) is 20.1 Å². The second-order valence-corrected chi connectivity index (χ2v) is 5.60. The van der Waals surface area contributed by atoms with Crippen LogP contribution in [0, 0.1) is 0 Å². The zero-order valence-corrected chi connectivity index (χ0v) is 11.6. The summed E-state index contributed by atoms with van der Waals surface area (Å²) in [7, 11) is 0. The number of benzene rings is 1. The van der Waals surface area contributed by atoms with Gasteiger partial charge < -0.3 is 20.4 Å². The number of piperazine rings is 1. The van der Waals surface area contributed by atoms with Gasteiger partial charge in [0.15, 0.2) is 5.58 Å². The molecule has 3 N–H and O–H groups in total. The average Bonchev–Trinajstić information content (AvgIpc) is 3.02. The minimum Gasteiger partial charge on any atom is -0.439 e. The largest absolute Gasteiger partial charge is 0.439 e. The van der Waals surface area contributed by atoms with E-state index in [0.29, 0.717) is 18.1 Å². The molecule has 2 saturated heterocycles. The molecular weight excluding hydrogens is 270 g/mol. The van der Waals surface area contributed by atoms with Crippen LogP contribution in [-0.2, 0) is 6.54 Å². The number of carbonyl (C=O) groups is 1. The van der Waals surface area contributed by atoms with Crippen LogP contribution in [0.3, 0.4) is 0 Å². The van der Waals surface area contributed by atoms with Crippen LogP contribution in [-0.4, -0.2) is 53.0 Å². The highest BCUT2D eigenvalue weighted by Crippen LogP contribution is 2.21. The monoisotopic (exact) mass is 287 g/mol. The van der Waals surface area contributed by atoms with Gasteiger partial charge in [0.05, 0.1) is 12.6 Å². The molecule has 1 aromatic heterocycles. The third kappa shape index (κ3) is 2.19. The van der Waals surface area contributed by atoms with Gasteiger partial charge in [0.25, 0.3) is 0 Å². The molecule has 21 heavy (non-hydrogen) atoms. The normalized spacial score (nSPS) is 22.6. The summed E-state index contributed by atoms with van der Waals surface area (Å²) in [6.07, 6.45) is 0. The zero-order chi connectivity index (χ0) is 14.4. The van der Waals surface area contributed by atoms with Crippen LogP contribution in [0.1, 0.15) is 5.89 Å². The molecule has 2 aliphatic heterocycles. The molecule has 0 bridgehead atoms. The second kappa shape index (κ2) is 4.63. The van der Waals surface area contributed by atoms with E-state index in [1.54, 1.807) is 0 Å². The fourth-order valence-corrected chi connectivity index (χ4v) is 3.06. The predicted octanol–water partition coefficient (Wildman–Crippen LogP) is 0.619. The van der Waals surface area contributed by atoms with Gasteiger partial charge in [0.1, 0.15) is 5.52 Å². The van der Waals surface area contributed by atoms with E-state index in [9.17, 15) is 4.79 Å². The van der Waals surface area contributed by atoms with E-state index in [4.69, 9.17) is 10.2 Å². The highest BCUT2D eigenvalue weighted by Gasteiger charge is 2.35. The summed E-state index contributed by atoms with van der Waals surface area (Å²) < 4.78 is 5.75. The van der Waals surface area contributed by atoms with E-state index in [1.165, 1.54) is 0 Å². The number of nitrogens with one attached hydrogen (secondary N) is 1. The summed E-state index contributed by atoms with van der Waals surface area (Å²) in [5, 5.41) is 2.88. The van der Waals surface area contributed by atoms with Gasteiger partial charge >= 0.3 is 6.03 Å². The Kier molecular flexibility index (Phi) is 2.75. The molecule has 7 nitrogen and oxygen atoms in total. The van der Waals surface area contributed by atoms with E-state index < -0.39 is 0 Å². The topological polar surface area (TPSA) is 87.6 Å². The molecule has 110 valence electrons. The summed E-state index contributed by atoms with van der Waals surface area (Å²) in [6.45, 7) is 3.82. The Morgan fingerprint density at radius 2 is 2.33 bits per heavy atom. The van der Waals surface area contributed by atoms with Crippen molar-refractivity contribution < 1.29 is 9.21 Å². The minimum atomic E-state index is 0.0528. The number of nitrogens with zero attached hydrogens (tertiary/aromatic N) is 3. The summed E-state index contributed by atoms with van der Waals surface area (Å²) in [4.78, 5) is 20.2. The first-order chi connectivity index (χ1) is 10.2. The first-order valence-corrected chi connectivity index (χ1v) is 7.11. The number of amides is 2. The third-order valence-electron chi connectivity index (χ3n) is 4.13. The lowest BCUT2D eigenvalue weighted by atomic mass is 10.2. The van der Waals surface area contributed by atoms with Crippen LogP contribution < -0.4 is 11.1 Å². The fraction of sp³-hybridized carbons (Fsp3) is 0.429. The van der Waals surface area contributed by atoms with Crippen molar-refractivity contribution in [3.05, 3.63) is 24.1 Å². The number of fused-ring (bicyclic) bond motifs is 2. The van der Waals surface area contributed by atoms with Crippen molar-refractivity contribution in [1.29, 1.82) is 0 Å². The number of aromatic nitrogens is 1. The molecule has 2 aliphatic rings. The molecule has 2 aromatic rings. The van der Waals surface area contributed by atoms with Crippen LogP contribution in [0.2, 0.25) is 0 Å². The zero-order valence-electron chi connectivity index (χ0n) is 11.6. The van der Waals surface area contributed by atoms with E-state index in [1.807, 2.05) is 23.1 Å². The smallest absolute Gasteiger partial charge is 0.317 e. The number of rotatable bonds is 2. The predicted molar refractivity (Wildman–Crippen MR) is 77.6 cm³/mol. The Balaban J connectivity index is 1.49. The molecule has 7 heteroatoms. The van der Waals surface area contributed by atoms with E-state index in [2.05, 4.69) is 15.2 Å². The molecule has 0 aliphatic carbocycles. The van der Waals surface area contributed by atoms with E-state index in [0.717, 1.165) is 37.3 Å². The first kappa shape index (κ1) is 12.5. The van der Waals surface area contributed by atoms with Crippen LogP contribution in [0.4, 0.5) is 10.5 Å². The van der Waals surface area contributed by atoms with Crippen molar-refractivity contribution in [3.63, 3.8) is 0 Å². The first-order valence-electron chi connectivity index (χ1n) is 7.11. The van der Waals surface area contributed by atoms with Crippen molar-refractivity contribution in [2.75, 3.05) is 31.9 Å². The third-order valence-corrected chi connectivity index (χ3v) is 4.13. The van der Waals surface area contributed by atoms with E-state index >= 15 is 0 Å². The second-order valence-electron chi connectivity index (χ2n) is 5.60. The fourth-order valence-electron chi connectivity index (χ4n) is 3.06. The molecule has 2 amide bonds. The molecule has 1 unspecified atom stereocenters. The van der Waals surface area contributed by atoms with Crippen molar-refractivity contribution in [2.45, 2.75) is 12.6 Å². The Hall–Kier alpha value is -2.28. The van der Waals surface area contributed by atoms with Gasteiger partial charge in [-0.1, -0.05) is 0 Å². The molecule has 4 rings (SSSR count). The number of oxazole rings is 1. The summed E-state index contributed by atoms with van der Waals surface area (Å²) in [5.74, 6) is 0.696. The highest BCUT2D eigenvalue weighted by atomic mass is 16.3. The molecule has 0 radical (unpaired) electrons. The Morgan fingerprint density at radius 3 is 3.24 bits per heavy atom. The molecule has 0 saturated carbocycles. The van der Waals surface area contributed by atoms with Crippen molar-refractivity contribution in [3.8, 4) is 0 Å². The molecule has 2 fully saturated rings. The maximum Gasteiger partial charge on any atom is 0.317 e. The maximum absolute atomic E-state index is 11.6. The molecule has 3 heterocycles. The number of nitrogens with two attached hydrogens (primary N) is 1. The van der Waals surface area contributed by atoms with Crippen LogP contribution in [0.25, 0.3) is 11.1 Å². The Bertz CT molecular complexity index is 698. The van der Waals surface area contributed by atoms with E-state index in [-0.39, 0.29) is 12.1 Å². The number of anilines is 1. The highest BCUT2D eigenvalue weighted by molar-refractivity contribution is 5.77. The summed E-state index contributed by atoms with van der Waals surface area (Å²) in [6, 6.07) is 5.79. The van der Waals surface area contributed by atoms with Gasteiger partial charge in [-0.15, -0.1) is 0 Å². The van der Waals surface area contributed by atoms with Crippen LogP contribution in [0.15, 0.2) is 22.6 Å². The van der Waals surface area contributed by atoms with Gasteiger partial charge in [0, 0.05) is 31.9 Å². The Morgan fingerprint density at radius 1 is 1.43 bits per heavy atom. The summed E-state index contributed by atoms with van der Waals surface area (Å²) in [5.41, 5.74) is 7.99. The molecule has 1 aromatic carbocycles. The number of hydrogen-bond acceptors (Lipinski definition) is 5. The van der Waals surface area contributed by atoms with Crippen molar-refractivity contribution >= 4 is 22.8 Å². The Labute approximate surface area is 121 Å². The van der Waals surface area contributed by atoms with Crippen LogP contribution in [0.5, 0.6) is 0 Å². The molecule has 1 atom stereocenters. The number of hydrogen-bond donors (Lipinski definition) is 2. The van der Waals surface area contributed by atoms with Gasteiger partial charge in [-0.25, -0.2) is 9.78 Å². The lowest BCUT2D eigenvalue weighted by Crippen LogP contribution is -2.51. The maximum atomic E-state index is 11.6. The SMILES string of the molecule is Nc1ccc2oc(CN3CCN4C(=O)NCC4C3)nc2c1. The van der Waals surface area contributed by atoms with Crippen molar-refractivity contribution in [2.24, 2.45) is 0 Å². The standard InChI is InChI=1S/C14H17N5O2/c15-9-1-2-12-11(5-9)17-13(21-12)8-18-3-4-19-10(7-18)6-16-14(19)20/h1-2,5,10H,3-4,6-8,15H2,(H,16,20). The van der Waals surface area contributed by atoms with Crippen LogP contribution >= 0.6 is 0 Å². The van der Waals surface area contributed by atoms with Gasteiger partial charge in [-0.2, -0.15) is 0 Å². The number of carbonyl (C=O) groups excluding carboxylic acids is 1. The summed E-state index contributed by atoms with van der Waals surface area (Å²) >= 11 is 0.